The molecule has 0 fully saturated rings. The molecule has 0 saturated heterocycles. The molecule has 0 amide bonds. The van der Waals surface area contributed by atoms with Crippen molar-refractivity contribution >= 4 is 5.57 Å². The molecule has 0 unspecified atom stereocenters. The first-order valence-corrected chi connectivity index (χ1v) is 8.10. The fourth-order valence-electron chi connectivity index (χ4n) is 2.60. The van der Waals surface area contributed by atoms with Gasteiger partial charge in [-0.05, 0) is 55.1 Å². The highest BCUT2D eigenvalue weighted by atomic mass is 19.1. The Morgan fingerprint density at radius 2 is 1.83 bits per heavy atom. The molecule has 2 rings (SSSR count). The van der Waals surface area contributed by atoms with Gasteiger partial charge in [0.05, 0.1) is 0 Å². The number of hydrogen-bond acceptors (Lipinski definition) is 2. The minimum atomic E-state index is -0.562. The lowest BCUT2D eigenvalue weighted by molar-refractivity contribution is 0.548. The molecule has 0 aliphatic heterocycles. The van der Waals surface area contributed by atoms with Crippen molar-refractivity contribution < 1.29 is 8.78 Å². The van der Waals surface area contributed by atoms with Gasteiger partial charge in [0.1, 0.15) is 11.6 Å². The highest BCUT2D eigenvalue weighted by Gasteiger charge is 2.07. The Balaban J connectivity index is 1.75. The van der Waals surface area contributed by atoms with E-state index < -0.39 is 11.6 Å². The van der Waals surface area contributed by atoms with Crippen LogP contribution in [0.25, 0.3) is 5.57 Å². The lowest BCUT2D eigenvalue weighted by Gasteiger charge is -2.13. The van der Waals surface area contributed by atoms with E-state index in [0.29, 0.717) is 12.0 Å². The molecule has 0 heterocycles. The second kappa shape index (κ2) is 8.71. The molecular formula is C20H24F2N2. The van der Waals surface area contributed by atoms with Crippen molar-refractivity contribution in [2.75, 3.05) is 6.54 Å². The Morgan fingerprint density at radius 1 is 1.12 bits per heavy atom. The van der Waals surface area contributed by atoms with E-state index in [1.165, 1.54) is 17.7 Å². The van der Waals surface area contributed by atoms with Gasteiger partial charge in [0.15, 0.2) is 0 Å². The number of nitrogens with two attached hydrogens (primary N) is 1. The van der Waals surface area contributed by atoms with Gasteiger partial charge >= 0.3 is 0 Å². The van der Waals surface area contributed by atoms with Crippen LogP contribution in [0, 0.1) is 11.6 Å². The van der Waals surface area contributed by atoms with Crippen molar-refractivity contribution in [1.82, 2.24) is 5.32 Å². The summed E-state index contributed by atoms with van der Waals surface area (Å²) in [7, 11) is 0. The van der Waals surface area contributed by atoms with Crippen LogP contribution in [-0.2, 0) is 13.0 Å². The molecule has 1 atom stereocenters. The molecule has 2 aromatic rings. The van der Waals surface area contributed by atoms with Crippen molar-refractivity contribution in [2.45, 2.75) is 32.4 Å². The van der Waals surface area contributed by atoms with Gasteiger partial charge in [0.25, 0.3) is 0 Å². The summed E-state index contributed by atoms with van der Waals surface area (Å²) in [6, 6.07) is 11.6. The maximum absolute atomic E-state index is 13.2. The smallest absolute Gasteiger partial charge is 0.126 e. The van der Waals surface area contributed by atoms with Gasteiger partial charge in [-0.3, -0.25) is 0 Å². The average Bonchev–Trinajstić information content (AvgIpc) is 2.51. The summed E-state index contributed by atoms with van der Waals surface area (Å²) in [4.78, 5) is 0. The second-order valence-corrected chi connectivity index (χ2v) is 6.19. The van der Waals surface area contributed by atoms with E-state index in [2.05, 4.69) is 24.0 Å². The molecule has 0 saturated carbocycles. The Kier molecular flexibility index (Phi) is 6.64. The predicted octanol–water partition coefficient (Wildman–Crippen LogP) is 4.05. The topological polar surface area (TPSA) is 38.0 Å². The Labute approximate surface area is 142 Å². The van der Waals surface area contributed by atoms with Gasteiger partial charge < -0.3 is 11.1 Å². The minimum Gasteiger partial charge on any atom is -0.327 e. The summed E-state index contributed by atoms with van der Waals surface area (Å²) in [6.07, 6.45) is 1.19. The molecular weight excluding hydrogens is 306 g/mol. The third kappa shape index (κ3) is 5.87. The molecule has 3 N–H and O–H groups in total. The molecule has 2 aromatic carbocycles. The van der Waals surface area contributed by atoms with Crippen molar-refractivity contribution in [3.8, 4) is 0 Å². The first kappa shape index (κ1) is 18.3. The standard InChI is InChI=1S/C20H24F2N2/c1-14(2)17-5-3-4-15(8-17)13-24-7-6-20(23)11-16-9-18(21)12-19(22)10-16/h3-5,8-10,12,20,24H,1,6-7,11,13,23H2,2H3/t20-/m1/s1. The van der Waals surface area contributed by atoms with Crippen LogP contribution in [0.15, 0.2) is 49.0 Å². The molecule has 0 spiro atoms. The fraction of sp³-hybridized carbons (Fsp3) is 0.300. The summed E-state index contributed by atoms with van der Waals surface area (Å²) >= 11 is 0. The molecule has 4 heteroatoms. The third-order valence-corrected chi connectivity index (χ3v) is 3.86. The summed E-state index contributed by atoms with van der Waals surface area (Å²) in [5.74, 6) is -1.12. The Hall–Kier alpha value is -2.04. The van der Waals surface area contributed by atoms with E-state index in [-0.39, 0.29) is 6.04 Å². The number of halogens is 2. The second-order valence-electron chi connectivity index (χ2n) is 6.19. The minimum absolute atomic E-state index is 0.138. The van der Waals surface area contributed by atoms with Crippen molar-refractivity contribution in [3.63, 3.8) is 0 Å². The third-order valence-electron chi connectivity index (χ3n) is 3.86. The van der Waals surface area contributed by atoms with Crippen LogP contribution < -0.4 is 11.1 Å². The van der Waals surface area contributed by atoms with E-state index in [1.807, 2.05) is 19.1 Å². The van der Waals surface area contributed by atoms with E-state index in [4.69, 9.17) is 5.73 Å². The van der Waals surface area contributed by atoms with Crippen LogP contribution >= 0.6 is 0 Å². The molecule has 0 aliphatic carbocycles. The zero-order valence-corrected chi connectivity index (χ0v) is 14.0. The van der Waals surface area contributed by atoms with E-state index in [0.717, 1.165) is 36.7 Å². The van der Waals surface area contributed by atoms with Crippen LogP contribution in [0.5, 0.6) is 0 Å². The monoisotopic (exact) mass is 330 g/mol. The largest absolute Gasteiger partial charge is 0.327 e. The van der Waals surface area contributed by atoms with Gasteiger partial charge in [-0.15, -0.1) is 0 Å². The SMILES string of the molecule is C=C(C)c1cccc(CNCC[C@@H](N)Cc2cc(F)cc(F)c2)c1. The maximum atomic E-state index is 13.2. The van der Waals surface area contributed by atoms with Gasteiger partial charge in [0.2, 0.25) is 0 Å². The first-order chi connectivity index (χ1) is 11.4. The number of benzene rings is 2. The van der Waals surface area contributed by atoms with Crippen LogP contribution in [0.1, 0.15) is 30.0 Å². The summed E-state index contributed by atoms with van der Waals surface area (Å²) < 4.78 is 26.3. The Morgan fingerprint density at radius 3 is 2.50 bits per heavy atom. The van der Waals surface area contributed by atoms with E-state index in [9.17, 15) is 8.78 Å². The van der Waals surface area contributed by atoms with Crippen LogP contribution in [0.3, 0.4) is 0 Å². The van der Waals surface area contributed by atoms with E-state index >= 15 is 0 Å². The lowest BCUT2D eigenvalue weighted by atomic mass is 10.0. The van der Waals surface area contributed by atoms with Crippen LogP contribution in [0.2, 0.25) is 0 Å². The van der Waals surface area contributed by atoms with Gasteiger partial charge in [-0.1, -0.05) is 36.4 Å². The zero-order chi connectivity index (χ0) is 17.5. The Bertz CT molecular complexity index is 678. The molecule has 0 aromatic heterocycles. The maximum Gasteiger partial charge on any atom is 0.126 e. The average molecular weight is 330 g/mol. The highest BCUT2D eigenvalue weighted by molar-refractivity contribution is 5.61. The van der Waals surface area contributed by atoms with Crippen molar-refractivity contribution in [2.24, 2.45) is 5.73 Å². The van der Waals surface area contributed by atoms with Crippen molar-refractivity contribution in [3.05, 3.63) is 77.4 Å². The number of rotatable bonds is 8. The molecule has 24 heavy (non-hydrogen) atoms. The number of nitrogens with one attached hydrogen (secondary N) is 1. The quantitative estimate of drug-likeness (QED) is 0.717. The number of allylic oxidation sites excluding steroid dienone is 1. The van der Waals surface area contributed by atoms with Crippen LogP contribution in [-0.4, -0.2) is 12.6 Å². The van der Waals surface area contributed by atoms with Crippen LogP contribution in [0.4, 0.5) is 8.78 Å². The summed E-state index contributed by atoms with van der Waals surface area (Å²) in [5.41, 5.74) is 10.0. The summed E-state index contributed by atoms with van der Waals surface area (Å²) in [5, 5.41) is 3.35. The van der Waals surface area contributed by atoms with Crippen molar-refractivity contribution in [1.29, 1.82) is 0 Å². The van der Waals surface area contributed by atoms with E-state index in [1.54, 1.807) is 0 Å². The number of hydrogen-bond donors (Lipinski definition) is 2. The normalized spacial score (nSPS) is 12.2. The van der Waals surface area contributed by atoms with Gasteiger partial charge in [-0.2, -0.15) is 0 Å². The molecule has 0 radical (unpaired) electrons. The van der Waals surface area contributed by atoms with Gasteiger partial charge in [0, 0.05) is 18.7 Å². The van der Waals surface area contributed by atoms with Gasteiger partial charge in [-0.25, -0.2) is 8.78 Å². The molecule has 0 aliphatic rings. The predicted molar refractivity (Wildman–Crippen MR) is 95.5 cm³/mol. The molecule has 128 valence electrons. The lowest BCUT2D eigenvalue weighted by Crippen LogP contribution is -2.28. The highest BCUT2D eigenvalue weighted by Crippen LogP contribution is 2.13. The molecule has 2 nitrogen and oxygen atoms in total. The fourth-order valence-corrected chi connectivity index (χ4v) is 2.60. The zero-order valence-electron chi connectivity index (χ0n) is 14.0. The molecule has 0 bridgehead atoms. The summed E-state index contributed by atoms with van der Waals surface area (Å²) in [6.45, 7) is 7.43. The first-order valence-electron chi connectivity index (χ1n) is 8.10.